The molecular weight excluding hydrogens is 366 g/mol. The van der Waals surface area contributed by atoms with Gasteiger partial charge in [-0.1, -0.05) is 0 Å². The molecule has 1 heterocycles. The summed E-state index contributed by atoms with van der Waals surface area (Å²) in [7, 11) is 1.29. The summed E-state index contributed by atoms with van der Waals surface area (Å²) in [5.74, 6) is 1.28. The highest BCUT2D eigenvalue weighted by molar-refractivity contribution is 7.80. The van der Waals surface area contributed by atoms with Gasteiger partial charge >= 0.3 is 5.97 Å². The molecule has 8 heteroatoms. The first-order valence-electron chi connectivity index (χ1n) is 9.87. The van der Waals surface area contributed by atoms with E-state index in [1.165, 1.54) is 26.4 Å². The lowest BCUT2D eigenvalue weighted by atomic mass is 9.49. The minimum absolute atomic E-state index is 0.00870. The van der Waals surface area contributed by atoms with E-state index in [9.17, 15) is 14.4 Å². The lowest BCUT2D eigenvalue weighted by molar-refractivity contribution is -0.145. The Hall–Kier alpha value is -1.70. The molecular formula is C19H27N3O4S. The fourth-order valence-corrected chi connectivity index (χ4v) is 6.40. The van der Waals surface area contributed by atoms with Crippen LogP contribution in [0.2, 0.25) is 0 Å². The van der Waals surface area contributed by atoms with Crippen LogP contribution in [0.5, 0.6) is 0 Å². The summed E-state index contributed by atoms with van der Waals surface area (Å²) in [6, 6.07) is -0.740. The van der Waals surface area contributed by atoms with Gasteiger partial charge < -0.3 is 20.3 Å². The molecule has 148 valence electrons. The maximum absolute atomic E-state index is 13.2. The topological polar surface area (TPSA) is 87.7 Å². The predicted molar refractivity (Wildman–Crippen MR) is 101 cm³/mol. The molecule has 1 atom stereocenters. The van der Waals surface area contributed by atoms with Crippen molar-refractivity contribution in [3.8, 4) is 0 Å². The number of carbonyl (C=O) groups is 3. The quantitative estimate of drug-likeness (QED) is 0.549. The number of rotatable bonds is 3. The molecule has 1 saturated heterocycles. The number of methoxy groups -OCH3 is 1. The molecule has 4 bridgehead atoms. The van der Waals surface area contributed by atoms with Gasteiger partial charge in [0.15, 0.2) is 5.11 Å². The number of hydrogen-bond acceptors (Lipinski definition) is 5. The van der Waals surface area contributed by atoms with Crippen LogP contribution in [-0.4, -0.2) is 54.0 Å². The Kier molecular flexibility index (Phi) is 4.86. The van der Waals surface area contributed by atoms with E-state index in [1.54, 1.807) is 4.90 Å². The van der Waals surface area contributed by atoms with Crippen molar-refractivity contribution in [2.24, 2.45) is 23.2 Å². The second-order valence-corrected chi connectivity index (χ2v) is 9.12. The van der Waals surface area contributed by atoms with Crippen molar-refractivity contribution in [1.82, 2.24) is 15.5 Å². The molecule has 5 aliphatic rings. The summed E-state index contributed by atoms with van der Waals surface area (Å²) in [6.07, 6.45) is 6.59. The Bertz CT molecular complexity index is 645. The third-order valence-corrected chi connectivity index (χ3v) is 7.26. The van der Waals surface area contributed by atoms with Crippen LogP contribution >= 0.6 is 12.2 Å². The van der Waals surface area contributed by atoms with Crippen LogP contribution in [0.3, 0.4) is 0 Å². The Balaban J connectivity index is 1.45. The van der Waals surface area contributed by atoms with Crippen LogP contribution in [0.25, 0.3) is 0 Å². The highest BCUT2D eigenvalue weighted by atomic mass is 32.1. The first-order valence-corrected chi connectivity index (χ1v) is 10.3. The molecule has 0 aromatic carbocycles. The maximum Gasteiger partial charge on any atom is 0.308 e. The molecule has 4 saturated carbocycles. The summed E-state index contributed by atoms with van der Waals surface area (Å²) in [4.78, 5) is 38.8. The fourth-order valence-electron chi connectivity index (χ4n) is 6.09. The molecule has 0 aromatic rings. The minimum Gasteiger partial charge on any atom is -0.469 e. The van der Waals surface area contributed by atoms with E-state index < -0.39 is 12.0 Å². The van der Waals surface area contributed by atoms with Crippen LogP contribution in [0, 0.1) is 23.2 Å². The number of esters is 1. The van der Waals surface area contributed by atoms with Gasteiger partial charge in [0.1, 0.15) is 6.04 Å². The van der Waals surface area contributed by atoms with Crippen LogP contribution < -0.4 is 10.6 Å². The largest absolute Gasteiger partial charge is 0.469 e. The maximum atomic E-state index is 13.2. The van der Waals surface area contributed by atoms with E-state index in [1.807, 2.05) is 0 Å². The van der Waals surface area contributed by atoms with Crippen molar-refractivity contribution in [2.75, 3.05) is 20.2 Å². The summed E-state index contributed by atoms with van der Waals surface area (Å²) in [5.41, 5.74) is -0.297. The highest BCUT2D eigenvalue weighted by Crippen LogP contribution is 2.60. The Labute approximate surface area is 164 Å². The van der Waals surface area contributed by atoms with Crippen molar-refractivity contribution in [3.05, 3.63) is 0 Å². The molecule has 0 spiro atoms. The van der Waals surface area contributed by atoms with Crippen LogP contribution in [0.4, 0.5) is 0 Å². The number of nitrogens with one attached hydrogen (secondary N) is 2. The van der Waals surface area contributed by atoms with Crippen molar-refractivity contribution < 1.29 is 19.1 Å². The van der Waals surface area contributed by atoms with Gasteiger partial charge in [0.2, 0.25) is 11.8 Å². The Morgan fingerprint density at radius 2 is 1.81 bits per heavy atom. The molecule has 5 fully saturated rings. The molecule has 5 rings (SSSR count). The lowest BCUT2D eigenvalue weighted by Gasteiger charge is -2.55. The SMILES string of the molecule is COC(=O)CC1C(=O)NCCN1C(=S)NC(=O)C12CC3CC(CC(C3)C1)C2. The van der Waals surface area contributed by atoms with Gasteiger partial charge in [-0.25, -0.2) is 0 Å². The second kappa shape index (κ2) is 7.04. The molecule has 2 N–H and O–H groups in total. The molecule has 2 amide bonds. The van der Waals surface area contributed by atoms with Crippen molar-refractivity contribution in [3.63, 3.8) is 0 Å². The standard InChI is InChI=1S/C19H27N3O4S/c1-26-15(23)7-14-16(24)20-2-3-22(14)18(27)21-17(25)19-8-11-4-12(9-19)6-13(5-11)10-19/h11-14H,2-10H2,1H3,(H,20,24)(H,21,25,27). The monoisotopic (exact) mass is 393 g/mol. The van der Waals surface area contributed by atoms with Gasteiger partial charge in [-0.05, 0) is 68.5 Å². The lowest BCUT2D eigenvalue weighted by Crippen LogP contribution is -2.62. The molecule has 7 nitrogen and oxygen atoms in total. The summed E-state index contributed by atoms with van der Waals surface area (Å²) >= 11 is 5.49. The molecule has 0 radical (unpaired) electrons. The Morgan fingerprint density at radius 3 is 2.37 bits per heavy atom. The average molecular weight is 394 g/mol. The van der Waals surface area contributed by atoms with Crippen LogP contribution in [0.15, 0.2) is 0 Å². The van der Waals surface area contributed by atoms with E-state index in [2.05, 4.69) is 10.6 Å². The second-order valence-electron chi connectivity index (χ2n) is 8.74. The van der Waals surface area contributed by atoms with Crippen LogP contribution in [-0.2, 0) is 19.1 Å². The third kappa shape index (κ3) is 3.44. The highest BCUT2D eigenvalue weighted by Gasteiger charge is 2.54. The van der Waals surface area contributed by atoms with Gasteiger partial charge in [-0.2, -0.15) is 0 Å². The minimum atomic E-state index is -0.740. The molecule has 1 unspecified atom stereocenters. The molecule has 27 heavy (non-hydrogen) atoms. The normalized spacial score (nSPS) is 36.9. The number of carbonyl (C=O) groups excluding carboxylic acids is 3. The van der Waals surface area contributed by atoms with Crippen molar-refractivity contribution in [1.29, 1.82) is 0 Å². The number of piperazine rings is 1. The van der Waals surface area contributed by atoms with Gasteiger partial charge in [0.05, 0.1) is 18.9 Å². The Morgan fingerprint density at radius 1 is 1.22 bits per heavy atom. The van der Waals surface area contributed by atoms with Gasteiger partial charge in [0, 0.05) is 13.1 Å². The predicted octanol–water partition coefficient (Wildman–Crippen LogP) is 0.967. The number of thiocarbonyl (C=S) groups is 1. The number of hydrogen-bond donors (Lipinski definition) is 2. The molecule has 4 aliphatic carbocycles. The number of amides is 2. The zero-order chi connectivity index (χ0) is 19.2. The van der Waals surface area contributed by atoms with E-state index >= 15 is 0 Å². The smallest absolute Gasteiger partial charge is 0.308 e. The summed E-state index contributed by atoms with van der Waals surface area (Å²) in [5, 5.41) is 5.93. The first kappa shape index (κ1) is 18.7. The van der Waals surface area contributed by atoms with Crippen molar-refractivity contribution in [2.45, 2.75) is 51.0 Å². The molecule has 0 aromatic heterocycles. The summed E-state index contributed by atoms with van der Waals surface area (Å²) < 4.78 is 4.70. The van der Waals surface area contributed by atoms with Crippen molar-refractivity contribution >= 4 is 35.1 Å². The number of ether oxygens (including phenoxy) is 1. The summed E-state index contributed by atoms with van der Waals surface area (Å²) in [6.45, 7) is 0.900. The fraction of sp³-hybridized carbons (Fsp3) is 0.789. The zero-order valence-electron chi connectivity index (χ0n) is 15.7. The number of nitrogens with zero attached hydrogens (tertiary/aromatic N) is 1. The third-order valence-electron chi connectivity index (χ3n) is 6.92. The van der Waals surface area contributed by atoms with E-state index in [4.69, 9.17) is 17.0 Å². The zero-order valence-corrected chi connectivity index (χ0v) is 16.5. The van der Waals surface area contributed by atoms with E-state index in [0.29, 0.717) is 30.8 Å². The van der Waals surface area contributed by atoms with Gasteiger partial charge in [-0.3, -0.25) is 14.4 Å². The van der Waals surface area contributed by atoms with E-state index in [-0.39, 0.29) is 28.8 Å². The van der Waals surface area contributed by atoms with E-state index in [0.717, 1.165) is 19.3 Å². The average Bonchev–Trinajstić information content (AvgIpc) is 2.62. The van der Waals surface area contributed by atoms with Gasteiger partial charge in [0.25, 0.3) is 0 Å². The van der Waals surface area contributed by atoms with Gasteiger partial charge in [-0.15, -0.1) is 0 Å². The first-order chi connectivity index (χ1) is 12.9. The molecule has 1 aliphatic heterocycles. The van der Waals surface area contributed by atoms with Crippen LogP contribution in [0.1, 0.15) is 44.9 Å².